The summed E-state index contributed by atoms with van der Waals surface area (Å²) in [4.78, 5) is 23.6. The highest BCUT2D eigenvalue weighted by Gasteiger charge is 2.12. The Morgan fingerprint density at radius 3 is 2.67 bits per heavy atom. The van der Waals surface area contributed by atoms with E-state index in [1.165, 1.54) is 13.2 Å². The maximum absolute atomic E-state index is 12.2. The molecule has 0 spiro atoms. The highest BCUT2D eigenvalue weighted by Crippen LogP contribution is 2.36. The number of carbonyl (C=O) groups excluding carboxylic acids is 2. The minimum atomic E-state index is -0.617. The summed E-state index contributed by atoms with van der Waals surface area (Å²) in [7, 11) is 1.52. The average molecular weight is 389 g/mol. The Kier molecular flexibility index (Phi) is 7.25. The van der Waals surface area contributed by atoms with Gasteiger partial charge in [0.05, 0.1) is 30.0 Å². The molecule has 0 bridgehead atoms. The number of benzene rings is 2. The number of rotatable bonds is 8. The number of methoxy groups -OCH3 is 1. The molecule has 0 aliphatic heterocycles. The first-order valence-electron chi connectivity index (χ1n) is 8.34. The van der Waals surface area contributed by atoms with Gasteiger partial charge in [0.2, 0.25) is 5.91 Å². The lowest BCUT2D eigenvalue weighted by Gasteiger charge is -2.12. The molecule has 0 aliphatic rings. The zero-order chi connectivity index (χ0) is 19.8. The first-order valence-corrected chi connectivity index (χ1v) is 8.72. The van der Waals surface area contributed by atoms with Gasteiger partial charge in [0, 0.05) is 6.08 Å². The number of hydrogen-bond donors (Lipinski definition) is 2. The molecule has 0 unspecified atom stereocenters. The maximum Gasteiger partial charge on any atom is 0.250 e. The molecule has 0 saturated heterocycles. The molecular weight excluding hydrogens is 368 g/mol. The van der Waals surface area contributed by atoms with Crippen LogP contribution in [0.4, 0.5) is 5.69 Å². The van der Waals surface area contributed by atoms with E-state index < -0.39 is 11.8 Å². The van der Waals surface area contributed by atoms with Crippen LogP contribution in [-0.4, -0.2) is 25.5 Å². The van der Waals surface area contributed by atoms with Crippen molar-refractivity contribution in [3.05, 3.63) is 58.6 Å². The minimum Gasteiger partial charge on any atom is -0.493 e. The number of anilines is 1. The van der Waals surface area contributed by atoms with E-state index in [2.05, 4.69) is 5.32 Å². The molecule has 142 valence electrons. The Labute approximate surface area is 162 Å². The van der Waals surface area contributed by atoms with Crippen LogP contribution in [0.3, 0.4) is 0 Å². The molecule has 27 heavy (non-hydrogen) atoms. The van der Waals surface area contributed by atoms with Gasteiger partial charge in [-0.1, -0.05) is 30.7 Å². The summed E-state index contributed by atoms with van der Waals surface area (Å²) >= 11 is 6.26. The van der Waals surface area contributed by atoms with E-state index in [-0.39, 0.29) is 5.56 Å². The number of nitrogens with two attached hydrogens (primary N) is 1. The summed E-state index contributed by atoms with van der Waals surface area (Å²) in [6.45, 7) is 2.51. The van der Waals surface area contributed by atoms with Gasteiger partial charge in [-0.2, -0.15) is 0 Å². The van der Waals surface area contributed by atoms with E-state index in [4.69, 9.17) is 26.8 Å². The molecule has 0 aliphatic carbocycles. The fourth-order valence-corrected chi connectivity index (χ4v) is 2.61. The first kappa shape index (κ1) is 20.3. The van der Waals surface area contributed by atoms with E-state index in [0.717, 1.165) is 6.42 Å². The minimum absolute atomic E-state index is 0.237. The molecule has 0 radical (unpaired) electrons. The van der Waals surface area contributed by atoms with Gasteiger partial charge in [0.15, 0.2) is 11.5 Å². The van der Waals surface area contributed by atoms with Crippen molar-refractivity contribution < 1.29 is 19.1 Å². The number of ether oxygens (including phenoxy) is 2. The van der Waals surface area contributed by atoms with Gasteiger partial charge in [-0.05, 0) is 42.3 Å². The van der Waals surface area contributed by atoms with Crippen LogP contribution in [0.5, 0.6) is 11.5 Å². The number of nitrogens with one attached hydrogen (secondary N) is 1. The fraction of sp³-hybridized carbons (Fsp3) is 0.200. The van der Waals surface area contributed by atoms with Crippen LogP contribution < -0.4 is 20.5 Å². The van der Waals surface area contributed by atoms with Crippen molar-refractivity contribution in [1.82, 2.24) is 0 Å². The van der Waals surface area contributed by atoms with Crippen LogP contribution >= 0.6 is 11.6 Å². The number of halogens is 1. The molecule has 2 aromatic rings. The molecule has 0 atom stereocenters. The number of hydrogen-bond acceptors (Lipinski definition) is 4. The molecule has 7 heteroatoms. The third-order valence-corrected chi connectivity index (χ3v) is 3.86. The summed E-state index contributed by atoms with van der Waals surface area (Å²) in [6.07, 6.45) is 3.75. The van der Waals surface area contributed by atoms with Gasteiger partial charge in [-0.3, -0.25) is 9.59 Å². The second-order valence-electron chi connectivity index (χ2n) is 5.61. The van der Waals surface area contributed by atoms with Gasteiger partial charge >= 0.3 is 0 Å². The van der Waals surface area contributed by atoms with Crippen LogP contribution in [0.1, 0.15) is 29.3 Å². The molecule has 2 aromatic carbocycles. The predicted octanol–water partition coefficient (Wildman–Crippen LogP) is 3.89. The zero-order valence-corrected chi connectivity index (χ0v) is 15.9. The van der Waals surface area contributed by atoms with Crippen molar-refractivity contribution in [1.29, 1.82) is 0 Å². The van der Waals surface area contributed by atoms with Crippen molar-refractivity contribution in [3.63, 3.8) is 0 Å². The summed E-state index contributed by atoms with van der Waals surface area (Å²) in [5, 5.41) is 3.02. The van der Waals surface area contributed by atoms with Crippen molar-refractivity contribution >= 4 is 35.2 Å². The zero-order valence-electron chi connectivity index (χ0n) is 15.1. The Balaban J connectivity index is 2.17. The van der Waals surface area contributed by atoms with E-state index in [9.17, 15) is 9.59 Å². The van der Waals surface area contributed by atoms with Crippen LogP contribution in [0, 0.1) is 0 Å². The van der Waals surface area contributed by atoms with E-state index in [1.807, 2.05) is 6.92 Å². The molecule has 0 aromatic heterocycles. The summed E-state index contributed by atoms with van der Waals surface area (Å²) in [5.41, 5.74) is 6.55. The molecule has 0 fully saturated rings. The number of primary amides is 1. The van der Waals surface area contributed by atoms with Crippen molar-refractivity contribution in [2.75, 3.05) is 19.0 Å². The monoisotopic (exact) mass is 388 g/mol. The molecule has 3 N–H and O–H groups in total. The third-order valence-electron chi connectivity index (χ3n) is 3.58. The summed E-state index contributed by atoms with van der Waals surface area (Å²) in [5.74, 6) is -0.0766. The Morgan fingerprint density at radius 1 is 1.26 bits per heavy atom. The molecule has 6 nitrogen and oxygen atoms in total. The lowest BCUT2D eigenvalue weighted by molar-refractivity contribution is -0.111. The summed E-state index contributed by atoms with van der Waals surface area (Å²) in [6, 6.07) is 9.91. The van der Waals surface area contributed by atoms with Crippen LogP contribution in [0.15, 0.2) is 42.5 Å². The van der Waals surface area contributed by atoms with Crippen molar-refractivity contribution in [3.8, 4) is 11.5 Å². The number of amides is 2. The molecular formula is C20H21ClN2O4. The maximum atomic E-state index is 12.2. The second-order valence-corrected chi connectivity index (χ2v) is 6.02. The topological polar surface area (TPSA) is 90.6 Å². The predicted molar refractivity (Wildman–Crippen MR) is 106 cm³/mol. The Bertz CT molecular complexity index is 865. The quantitative estimate of drug-likeness (QED) is 0.671. The van der Waals surface area contributed by atoms with Crippen LogP contribution in [-0.2, 0) is 4.79 Å². The second kappa shape index (κ2) is 9.64. The van der Waals surface area contributed by atoms with Crippen molar-refractivity contribution in [2.24, 2.45) is 5.73 Å². The van der Waals surface area contributed by atoms with E-state index >= 15 is 0 Å². The van der Waals surface area contributed by atoms with Crippen molar-refractivity contribution in [2.45, 2.75) is 13.3 Å². The van der Waals surface area contributed by atoms with E-state index in [1.54, 1.807) is 42.5 Å². The highest BCUT2D eigenvalue weighted by molar-refractivity contribution is 6.32. The van der Waals surface area contributed by atoms with Crippen LogP contribution in [0.25, 0.3) is 6.08 Å². The standard InChI is InChI=1S/C20H21ClN2O4/c1-3-10-27-19-15(21)11-13(12-17(19)26-2)8-9-18(24)23-16-7-5-4-6-14(16)20(22)25/h4-9,11-12H,3,10H2,1-2H3,(H2,22,25)(H,23,24)/b9-8+. The first-order chi connectivity index (χ1) is 13.0. The van der Waals surface area contributed by atoms with Gasteiger partial charge < -0.3 is 20.5 Å². The fourth-order valence-electron chi connectivity index (χ4n) is 2.33. The molecule has 0 saturated carbocycles. The Morgan fingerprint density at radius 2 is 2.00 bits per heavy atom. The summed E-state index contributed by atoms with van der Waals surface area (Å²) < 4.78 is 10.9. The molecule has 0 heterocycles. The van der Waals surface area contributed by atoms with E-state index in [0.29, 0.717) is 34.4 Å². The van der Waals surface area contributed by atoms with Gasteiger partial charge in [0.1, 0.15) is 0 Å². The molecule has 2 amide bonds. The lowest BCUT2D eigenvalue weighted by Crippen LogP contribution is -2.16. The number of para-hydroxylation sites is 1. The van der Waals surface area contributed by atoms with Gasteiger partial charge in [-0.15, -0.1) is 0 Å². The van der Waals surface area contributed by atoms with Gasteiger partial charge in [-0.25, -0.2) is 0 Å². The average Bonchev–Trinajstić information content (AvgIpc) is 2.65. The lowest BCUT2D eigenvalue weighted by atomic mass is 10.1. The van der Waals surface area contributed by atoms with Crippen LogP contribution in [0.2, 0.25) is 5.02 Å². The Hall–Kier alpha value is -2.99. The molecule has 2 rings (SSSR count). The largest absolute Gasteiger partial charge is 0.493 e. The van der Waals surface area contributed by atoms with Gasteiger partial charge in [0.25, 0.3) is 5.91 Å². The third kappa shape index (κ3) is 5.49. The SMILES string of the molecule is CCCOc1c(Cl)cc(/C=C/C(=O)Nc2ccccc2C(N)=O)cc1OC. The number of carbonyl (C=O) groups is 2. The smallest absolute Gasteiger partial charge is 0.250 e. The highest BCUT2D eigenvalue weighted by atomic mass is 35.5. The normalized spacial score (nSPS) is 10.6.